The highest BCUT2D eigenvalue weighted by molar-refractivity contribution is 7.89. The molecule has 0 aliphatic carbocycles. The predicted molar refractivity (Wildman–Crippen MR) is 110 cm³/mol. The van der Waals surface area contributed by atoms with Crippen molar-refractivity contribution in [3.63, 3.8) is 0 Å². The zero-order chi connectivity index (χ0) is 22.2. The highest BCUT2D eigenvalue weighted by Gasteiger charge is 2.33. The van der Waals surface area contributed by atoms with Crippen LogP contribution in [0.2, 0.25) is 0 Å². The van der Waals surface area contributed by atoms with Crippen molar-refractivity contribution in [2.75, 3.05) is 24.5 Å². The van der Waals surface area contributed by atoms with Crippen molar-refractivity contribution < 1.29 is 26.4 Å². The lowest BCUT2D eigenvalue weighted by Gasteiger charge is -2.31. The summed E-state index contributed by atoms with van der Waals surface area (Å²) in [5.74, 6) is -0.529. The van der Waals surface area contributed by atoms with E-state index in [-0.39, 0.29) is 10.5 Å². The molecule has 0 N–H and O–H groups in total. The largest absolute Gasteiger partial charge is 0.416 e. The van der Waals surface area contributed by atoms with Crippen molar-refractivity contribution in [3.8, 4) is 0 Å². The minimum atomic E-state index is -4.53. The van der Waals surface area contributed by atoms with Gasteiger partial charge in [-0.15, -0.1) is 0 Å². The fourth-order valence-electron chi connectivity index (χ4n) is 4.18. The van der Waals surface area contributed by atoms with Gasteiger partial charge in [-0.05, 0) is 67.6 Å². The number of hydrogen-bond donors (Lipinski definition) is 0. The van der Waals surface area contributed by atoms with Crippen LogP contribution in [0.3, 0.4) is 0 Å². The van der Waals surface area contributed by atoms with Gasteiger partial charge in [0.15, 0.2) is 0 Å². The monoisotopic (exact) mass is 452 g/mol. The van der Waals surface area contributed by atoms with Crippen LogP contribution >= 0.6 is 0 Å². The number of amides is 1. The second-order valence-corrected chi connectivity index (χ2v) is 9.83. The smallest absolute Gasteiger partial charge is 0.308 e. The van der Waals surface area contributed by atoms with Gasteiger partial charge in [0.2, 0.25) is 10.0 Å². The van der Waals surface area contributed by atoms with E-state index in [0.29, 0.717) is 43.7 Å². The highest BCUT2D eigenvalue weighted by Crippen LogP contribution is 2.33. The molecular formula is C22H23F3N2O3S. The molecule has 0 spiro atoms. The minimum absolute atomic E-state index is 0.0484. The molecule has 2 aromatic carbocycles. The van der Waals surface area contributed by atoms with Crippen molar-refractivity contribution in [1.29, 1.82) is 0 Å². The summed E-state index contributed by atoms with van der Waals surface area (Å²) in [5.41, 5.74) is 0.335. The third kappa shape index (κ3) is 4.34. The third-order valence-electron chi connectivity index (χ3n) is 5.80. The Bertz CT molecular complexity index is 1090. The van der Waals surface area contributed by atoms with Crippen LogP contribution in [0.1, 0.15) is 47.2 Å². The number of benzene rings is 2. The number of carbonyl (C=O) groups excluding carboxylic acids is 1. The molecule has 0 radical (unpaired) electrons. The minimum Gasteiger partial charge on any atom is -0.308 e. The number of piperidine rings is 1. The summed E-state index contributed by atoms with van der Waals surface area (Å²) in [7, 11) is -3.60. The van der Waals surface area contributed by atoms with E-state index in [4.69, 9.17) is 0 Å². The molecule has 2 aromatic rings. The molecule has 0 bridgehead atoms. The quantitative estimate of drug-likeness (QED) is 0.690. The van der Waals surface area contributed by atoms with Crippen LogP contribution in [0, 0.1) is 0 Å². The Morgan fingerprint density at radius 3 is 2.35 bits per heavy atom. The second-order valence-electron chi connectivity index (χ2n) is 7.89. The Hall–Kier alpha value is -2.39. The number of aryl methyl sites for hydroxylation is 1. The SMILES string of the molecule is O=C(c1cccc(C(F)(F)F)c1)N1CCCc2cc(S(=O)(=O)N3CCCCC3)ccc21. The number of halogens is 3. The summed E-state index contributed by atoms with van der Waals surface area (Å²) in [4.78, 5) is 14.6. The van der Waals surface area contributed by atoms with Crippen molar-refractivity contribution in [1.82, 2.24) is 4.31 Å². The number of hydrogen-bond acceptors (Lipinski definition) is 3. The maximum atomic E-state index is 13.0. The van der Waals surface area contributed by atoms with Crippen LogP contribution in [-0.2, 0) is 22.6 Å². The zero-order valence-electron chi connectivity index (χ0n) is 16.9. The van der Waals surface area contributed by atoms with Gasteiger partial charge < -0.3 is 4.90 Å². The van der Waals surface area contributed by atoms with Gasteiger partial charge in [-0.3, -0.25) is 4.79 Å². The molecule has 4 rings (SSSR count). The summed E-state index contributed by atoms with van der Waals surface area (Å²) in [5, 5.41) is 0. The number of alkyl halides is 3. The topological polar surface area (TPSA) is 57.7 Å². The average molecular weight is 452 g/mol. The van der Waals surface area contributed by atoms with Gasteiger partial charge in [-0.1, -0.05) is 12.5 Å². The number of sulfonamides is 1. The van der Waals surface area contributed by atoms with Crippen LogP contribution in [0.25, 0.3) is 0 Å². The number of fused-ring (bicyclic) bond motifs is 1. The molecule has 5 nitrogen and oxygen atoms in total. The number of carbonyl (C=O) groups is 1. The molecule has 2 heterocycles. The molecule has 0 aromatic heterocycles. The van der Waals surface area contributed by atoms with E-state index < -0.39 is 27.7 Å². The molecule has 9 heteroatoms. The number of nitrogens with zero attached hydrogens (tertiary/aromatic N) is 2. The van der Waals surface area contributed by atoms with E-state index >= 15 is 0 Å². The summed E-state index contributed by atoms with van der Waals surface area (Å²) in [6.45, 7) is 1.36. The van der Waals surface area contributed by atoms with Crippen LogP contribution in [0.4, 0.5) is 18.9 Å². The van der Waals surface area contributed by atoms with Crippen molar-refractivity contribution >= 4 is 21.6 Å². The average Bonchev–Trinajstić information content (AvgIpc) is 2.78. The normalized spacial score (nSPS) is 18.0. The van der Waals surface area contributed by atoms with Gasteiger partial charge in [-0.2, -0.15) is 17.5 Å². The summed E-state index contributed by atoms with van der Waals surface area (Å²) in [6, 6.07) is 9.04. The lowest BCUT2D eigenvalue weighted by Crippen LogP contribution is -2.37. The molecule has 2 aliphatic rings. The predicted octanol–water partition coefficient (Wildman–Crippen LogP) is 4.47. The van der Waals surface area contributed by atoms with E-state index in [9.17, 15) is 26.4 Å². The van der Waals surface area contributed by atoms with Gasteiger partial charge in [-0.25, -0.2) is 8.42 Å². The number of rotatable bonds is 3. The van der Waals surface area contributed by atoms with Gasteiger partial charge >= 0.3 is 6.18 Å². The molecule has 166 valence electrons. The van der Waals surface area contributed by atoms with Crippen LogP contribution in [-0.4, -0.2) is 38.3 Å². The van der Waals surface area contributed by atoms with E-state index in [0.717, 1.165) is 31.4 Å². The van der Waals surface area contributed by atoms with Gasteiger partial charge in [0, 0.05) is 30.9 Å². The van der Waals surface area contributed by atoms with Crippen molar-refractivity contribution in [2.24, 2.45) is 0 Å². The summed E-state index contributed by atoms with van der Waals surface area (Å²) >= 11 is 0. The fraction of sp³-hybridized carbons (Fsp3) is 0.409. The molecule has 0 unspecified atom stereocenters. The van der Waals surface area contributed by atoms with Gasteiger partial charge in [0.05, 0.1) is 10.5 Å². The van der Waals surface area contributed by atoms with E-state index in [1.165, 1.54) is 27.4 Å². The maximum Gasteiger partial charge on any atom is 0.416 e. The first-order valence-corrected chi connectivity index (χ1v) is 11.7. The molecule has 1 amide bonds. The Kier molecular flexibility index (Phi) is 5.83. The van der Waals surface area contributed by atoms with Crippen LogP contribution in [0.5, 0.6) is 0 Å². The summed E-state index contributed by atoms with van der Waals surface area (Å²) < 4.78 is 66.6. The molecule has 0 atom stereocenters. The molecular weight excluding hydrogens is 429 g/mol. The molecule has 2 aliphatic heterocycles. The third-order valence-corrected chi connectivity index (χ3v) is 7.70. The standard InChI is InChI=1S/C22H23F3N2O3S/c23-22(24,25)18-8-4-6-17(14-18)21(28)27-13-5-7-16-15-19(9-10-20(16)27)31(29,30)26-11-2-1-3-12-26/h4,6,8-10,14-15H,1-3,5,7,11-13H2. The summed E-state index contributed by atoms with van der Waals surface area (Å²) in [6.07, 6.45) is -0.639. The van der Waals surface area contributed by atoms with Gasteiger partial charge in [0.25, 0.3) is 5.91 Å². The number of anilines is 1. The van der Waals surface area contributed by atoms with E-state index in [1.54, 1.807) is 12.1 Å². The van der Waals surface area contributed by atoms with Gasteiger partial charge in [0.1, 0.15) is 0 Å². The van der Waals surface area contributed by atoms with Crippen molar-refractivity contribution in [3.05, 3.63) is 59.2 Å². The molecule has 1 fully saturated rings. The lowest BCUT2D eigenvalue weighted by atomic mass is 10.0. The van der Waals surface area contributed by atoms with Crippen LogP contribution in [0.15, 0.2) is 47.4 Å². The maximum absolute atomic E-state index is 13.0. The zero-order valence-corrected chi connectivity index (χ0v) is 17.7. The molecule has 31 heavy (non-hydrogen) atoms. The lowest BCUT2D eigenvalue weighted by molar-refractivity contribution is -0.137. The first-order chi connectivity index (χ1) is 14.7. The Balaban J connectivity index is 1.64. The first-order valence-electron chi connectivity index (χ1n) is 10.3. The van der Waals surface area contributed by atoms with Crippen molar-refractivity contribution in [2.45, 2.75) is 43.2 Å². The second kappa shape index (κ2) is 8.27. The highest BCUT2D eigenvalue weighted by atomic mass is 32.2. The fourth-order valence-corrected chi connectivity index (χ4v) is 5.75. The van der Waals surface area contributed by atoms with E-state index in [1.807, 2.05) is 0 Å². The molecule has 1 saturated heterocycles. The van der Waals surface area contributed by atoms with E-state index in [2.05, 4.69) is 0 Å². The molecule has 0 saturated carbocycles. The Morgan fingerprint density at radius 1 is 0.903 bits per heavy atom. The Labute approximate surface area is 179 Å². The first kappa shape index (κ1) is 21.8. The Morgan fingerprint density at radius 2 is 1.65 bits per heavy atom. The van der Waals surface area contributed by atoms with Crippen LogP contribution < -0.4 is 4.90 Å².